The molecule has 7 nitrogen and oxygen atoms in total. The molecule has 2 aromatic rings. The maximum atomic E-state index is 12.4. The van der Waals surface area contributed by atoms with Gasteiger partial charge in [0.05, 0.1) is 10.5 Å². The van der Waals surface area contributed by atoms with Crippen LogP contribution in [0.4, 0.5) is 11.4 Å². The lowest BCUT2D eigenvalue weighted by molar-refractivity contribution is -0.384. The number of nitrogens with zero attached hydrogens (tertiary/aromatic N) is 3. The average Bonchev–Trinajstić information content (AvgIpc) is 2.55. The molecule has 120 valence electrons. The second kappa shape index (κ2) is 7.35. The molecule has 0 saturated heterocycles. The van der Waals surface area contributed by atoms with E-state index in [4.69, 9.17) is 0 Å². The average molecular weight is 314 g/mol. The minimum atomic E-state index is -0.510. The summed E-state index contributed by atoms with van der Waals surface area (Å²) in [5, 5.41) is 13.7. The molecule has 0 radical (unpaired) electrons. The van der Waals surface area contributed by atoms with Crippen LogP contribution >= 0.6 is 0 Å². The van der Waals surface area contributed by atoms with Crippen molar-refractivity contribution in [1.29, 1.82) is 0 Å². The number of pyridine rings is 1. The molecule has 0 bridgehead atoms. The van der Waals surface area contributed by atoms with E-state index in [2.05, 4.69) is 10.3 Å². The minimum absolute atomic E-state index is 0.106. The van der Waals surface area contributed by atoms with Gasteiger partial charge in [0.1, 0.15) is 0 Å². The number of hydrogen-bond donors (Lipinski definition) is 1. The van der Waals surface area contributed by atoms with E-state index in [1.54, 1.807) is 31.3 Å². The zero-order valence-electron chi connectivity index (χ0n) is 13.0. The highest BCUT2D eigenvalue weighted by Crippen LogP contribution is 2.24. The zero-order chi connectivity index (χ0) is 16.8. The lowest BCUT2D eigenvalue weighted by Gasteiger charge is -2.17. The van der Waals surface area contributed by atoms with Gasteiger partial charge in [-0.25, -0.2) is 0 Å². The van der Waals surface area contributed by atoms with Crippen LogP contribution in [0.1, 0.15) is 16.1 Å². The highest BCUT2D eigenvalue weighted by molar-refractivity contribution is 6.00. The van der Waals surface area contributed by atoms with Crippen molar-refractivity contribution in [3.63, 3.8) is 0 Å². The maximum Gasteiger partial charge on any atom is 0.270 e. The van der Waals surface area contributed by atoms with E-state index < -0.39 is 4.92 Å². The summed E-state index contributed by atoms with van der Waals surface area (Å²) < 4.78 is 0. The molecule has 7 heteroatoms. The number of nitro groups is 1. The van der Waals surface area contributed by atoms with Crippen molar-refractivity contribution >= 4 is 17.3 Å². The number of nitrogens with one attached hydrogen (secondary N) is 1. The topological polar surface area (TPSA) is 88.4 Å². The van der Waals surface area contributed by atoms with Gasteiger partial charge >= 0.3 is 0 Å². The van der Waals surface area contributed by atoms with E-state index in [0.717, 1.165) is 5.69 Å². The fourth-order valence-corrected chi connectivity index (χ4v) is 2.15. The second-order valence-electron chi connectivity index (χ2n) is 5.18. The summed E-state index contributed by atoms with van der Waals surface area (Å²) in [6, 6.07) is 9.85. The van der Waals surface area contributed by atoms with E-state index in [1.165, 1.54) is 12.1 Å². The van der Waals surface area contributed by atoms with E-state index in [9.17, 15) is 14.9 Å². The second-order valence-corrected chi connectivity index (χ2v) is 5.18. The summed E-state index contributed by atoms with van der Waals surface area (Å²) in [4.78, 5) is 28.7. The van der Waals surface area contributed by atoms with Gasteiger partial charge in [0.15, 0.2) is 0 Å². The Bertz CT molecular complexity index is 702. The first kappa shape index (κ1) is 16.4. The Morgan fingerprint density at radius 1 is 1.30 bits per heavy atom. The molecule has 0 atom stereocenters. The van der Waals surface area contributed by atoms with Crippen molar-refractivity contribution in [1.82, 2.24) is 10.3 Å². The summed E-state index contributed by atoms with van der Waals surface area (Å²) in [6.45, 7) is 0.408. The highest BCUT2D eigenvalue weighted by atomic mass is 16.6. The van der Waals surface area contributed by atoms with Crippen molar-refractivity contribution in [3.8, 4) is 0 Å². The van der Waals surface area contributed by atoms with Crippen molar-refractivity contribution in [2.45, 2.75) is 6.42 Å². The summed E-state index contributed by atoms with van der Waals surface area (Å²) in [5.41, 5.74) is 1.68. The largest absolute Gasteiger partial charge is 0.377 e. The number of amides is 1. The van der Waals surface area contributed by atoms with Gasteiger partial charge in [0, 0.05) is 56.8 Å². The van der Waals surface area contributed by atoms with Crippen LogP contribution < -0.4 is 10.2 Å². The van der Waals surface area contributed by atoms with E-state index in [1.807, 2.05) is 18.2 Å². The van der Waals surface area contributed by atoms with E-state index >= 15 is 0 Å². The Balaban J connectivity index is 2.10. The van der Waals surface area contributed by atoms with E-state index in [-0.39, 0.29) is 17.2 Å². The number of aromatic nitrogens is 1. The molecule has 1 aromatic carbocycles. The molecule has 1 aromatic heterocycles. The van der Waals surface area contributed by atoms with Crippen LogP contribution in [0.15, 0.2) is 42.6 Å². The van der Waals surface area contributed by atoms with Crippen LogP contribution in [0.2, 0.25) is 0 Å². The third kappa shape index (κ3) is 4.26. The monoisotopic (exact) mass is 314 g/mol. The van der Waals surface area contributed by atoms with Gasteiger partial charge in [-0.1, -0.05) is 6.07 Å². The fraction of sp³-hybridized carbons (Fsp3) is 0.250. The first-order chi connectivity index (χ1) is 11.0. The van der Waals surface area contributed by atoms with Crippen LogP contribution in [0.25, 0.3) is 0 Å². The molecule has 0 aliphatic heterocycles. The number of non-ortho nitro benzene ring substituents is 1. The summed E-state index contributed by atoms with van der Waals surface area (Å²) >= 11 is 0. The van der Waals surface area contributed by atoms with Crippen molar-refractivity contribution in [3.05, 3.63) is 64.0 Å². The normalized spacial score (nSPS) is 10.2. The predicted molar refractivity (Wildman–Crippen MR) is 87.7 cm³/mol. The first-order valence-corrected chi connectivity index (χ1v) is 7.13. The van der Waals surface area contributed by atoms with Crippen molar-refractivity contribution in [2.75, 3.05) is 25.5 Å². The fourth-order valence-electron chi connectivity index (χ4n) is 2.15. The number of hydrogen-bond acceptors (Lipinski definition) is 5. The Morgan fingerprint density at radius 3 is 2.70 bits per heavy atom. The summed E-state index contributed by atoms with van der Waals surface area (Å²) in [6.07, 6.45) is 2.29. The van der Waals surface area contributed by atoms with Gasteiger partial charge in [-0.05, 0) is 18.2 Å². The molecule has 1 heterocycles. The predicted octanol–water partition coefficient (Wildman–Crippen LogP) is 2.03. The smallest absolute Gasteiger partial charge is 0.270 e. The molecule has 0 spiro atoms. The standard InChI is InChI=1S/C16H18N4O3/c1-19(2)15-7-6-13(20(22)23)11-14(15)16(21)18-10-8-12-5-3-4-9-17-12/h3-7,9,11H,8,10H2,1-2H3,(H,18,21). The summed E-state index contributed by atoms with van der Waals surface area (Å²) in [5.74, 6) is -0.340. The van der Waals surface area contributed by atoms with Crippen LogP contribution in [-0.4, -0.2) is 36.5 Å². The number of carbonyl (C=O) groups is 1. The lowest BCUT2D eigenvalue weighted by Crippen LogP contribution is -2.28. The number of benzene rings is 1. The molecular formula is C16H18N4O3. The zero-order valence-corrected chi connectivity index (χ0v) is 13.0. The van der Waals surface area contributed by atoms with Crippen LogP contribution in [0.5, 0.6) is 0 Å². The third-order valence-corrected chi connectivity index (χ3v) is 3.31. The molecule has 0 unspecified atom stereocenters. The van der Waals surface area contributed by atoms with Gasteiger partial charge in [-0.3, -0.25) is 19.9 Å². The number of rotatable bonds is 6. The molecule has 2 rings (SSSR count). The van der Waals surface area contributed by atoms with Crippen LogP contribution in [-0.2, 0) is 6.42 Å². The van der Waals surface area contributed by atoms with Crippen molar-refractivity contribution in [2.24, 2.45) is 0 Å². The molecule has 23 heavy (non-hydrogen) atoms. The molecule has 0 saturated carbocycles. The van der Waals surface area contributed by atoms with Crippen molar-refractivity contribution < 1.29 is 9.72 Å². The first-order valence-electron chi connectivity index (χ1n) is 7.13. The molecule has 0 aliphatic rings. The minimum Gasteiger partial charge on any atom is -0.377 e. The van der Waals surface area contributed by atoms with Crippen LogP contribution in [0.3, 0.4) is 0 Å². The highest BCUT2D eigenvalue weighted by Gasteiger charge is 2.17. The van der Waals surface area contributed by atoms with Gasteiger partial charge in [-0.15, -0.1) is 0 Å². The Labute approximate surface area is 134 Å². The maximum absolute atomic E-state index is 12.4. The molecule has 0 aliphatic carbocycles. The van der Waals surface area contributed by atoms with Gasteiger partial charge in [0.25, 0.3) is 11.6 Å². The van der Waals surface area contributed by atoms with Crippen LogP contribution in [0, 0.1) is 10.1 Å². The Hall–Kier alpha value is -2.96. The third-order valence-electron chi connectivity index (χ3n) is 3.31. The SMILES string of the molecule is CN(C)c1ccc([N+](=O)[O-])cc1C(=O)NCCc1ccccn1. The lowest BCUT2D eigenvalue weighted by atomic mass is 10.1. The van der Waals surface area contributed by atoms with E-state index in [0.29, 0.717) is 18.7 Å². The quantitative estimate of drug-likeness (QED) is 0.651. The van der Waals surface area contributed by atoms with Gasteiger partial charge in [0.2, 0.25) is 0 Å². The molecule has 0 fully saturated rings. The van der Waals surface area contributed by atoms with Gasteiger partial charge in [-0.2, -0.15) is 0 Å². The number of nitro benzene ring substituents is 1. The van der Waals surface area contributed by atoms with Gasteiger partial charge < -0.3 is 10.2 Å². The number of anilines is 1. The summed E-state index contributed by atoms with van der Waals surface area (Å²) in [7, 11) is 3.57. The Kier molecular flexibility index (Phi) is 5.24. The number of carbonyl (C=O) groups excluding carboxylic acids is 1. The molecular weight excluding hydrogens is 296 g/mol. The molecule has 1 amide bonds. The Morgan fingerprint density at radius 2 is 2.09 bits per heavy atom. The molecule has 1 N–H and O–H groups in total.